The Morgan fingerprint density at radius 1 is 1.38 bits per heavy atom. The Balaban J connectivity index is 1.94. The molecule has 1 aromatic carbocycles. The largest absolute Gasteiger partial charge is 0.508 e. The van der Waals surface area contributed by atoms with Crippen LogP contribution in [0.3, 0.4) is 0 Å². The molecule has 3 N–H and O–H groups in total. The van der Waals surface area contributed by atoms with E-state index in [2.05, 4.69) is 12.2 Å². The van der Waals surface area contributed by atoms with Crippen LogP contribution in [0.4, 0.5) is 0 Å². The van der Waals surface area contributed by atoms with Crippen molar-refractivity contribution in [3.05, 3.63) is 29.8 Å². The Labute approximate surface area is 96.1 Å². The summed E-state index contributed by atoms with van der Waals surface area (Å²) in [5.41, 5.74) is 1.13. The number of hydrogen-bond acceptors (Lipinski definition) is 3. The SMILES string of the molecule is CC1(CO)CC(Cc2ccc(O)cc2)CN1. The molecule has 1 heterocycles. The minimum atomic E-state index is -0.110. The third-order valence-electron chi connectivity index (χ3n) is 3.37. The molecule has 2 unspecified atom stereocenters. The first-order valence-electron chi connectivity index (χ1n) is 5.75. The molecule has 16 heavy (non-hydrogen) atoms. The number of phenols is 1. The van der Waals surface area contributed by atoms with Gasteiger partial charge in [-0.1, -0.05) is 12.1 Å². The molecule has 0 aromatic heterocycles. The number of hydrogen-bond donors (Lipinski definition) is 3. The third kappa shape index (κ3) is 2.54. The van der Waals surface area contributed by atoms with Crippen LogP contribution in [-0.2, 0) is 6.42 Å². The Kier molecular flexibility index (Phi) is 3.17. The molecule has 0 aliphatic carbocycles. The molecular weight excluding hydrogens is 202 g/mol. The predicted molar refractivity (Wildman–Crippen MR) is 63.4 cm³/mol. The fourth-order valence-corrected chi connectivity index (χ4v) is 2.40. The average molecular weight is 221 g/mol. The lowest BCUT2D eigenvalue weighted by Gasteiger charge is -2.21. The summed E-state index contributed by atoms with van der Waals surface area (Å²) in [5, 5.41) is 21.8. The first kappa shape index (κ1) is 11.4. The number of benzene rings is 1. The van der Waals surface area contributed by atoms with Crippen LogP contribution >= 0.6 is 0 Å². The zero-order chi connectivity index (χ0) is 11.6. The standard InChI is InChI=1S/C13H19NO2/c1-13(9-15)7-11(8-14-13)6-10-2-4-12(16)5-3-10/h2-5,11,14-16H,6-9H2,1H3. The van der Waals surface area contributed by atoms with Crippen LogP contribution in [-0.4, -0.2) is 28.9 Å². The molecule has 1 saturated heterocycles. The van der Waals surface area contributed by atoms with Gasteiger partial charge >= 0.3 is 0 Å². The molecule has 2 atom stereocenters. The lowest BCUT2D eigenvalue weighted by atomic mass is 9.91. The number of phenolic OH excluding ortho intramolecular Hbond substituents is 1. The molecule has 0 saturated carbocycles. The Morgan fingerprint density at radius 2 is 2.06 bits per heavy atom. The van der Waals surface area contributed by atoms with Crippen molar-refractivity contribution in [2.75, 3.05) is 13.2 Å². The molecule has 1 aromatic rings. The van der Waals surface area contributed by atoms with Crippen molar-refractivity contribution in [1.29, 1.82) is 0 Å². The predicted octanol–water partition coefficient (Wildman–Crippen LogP) is 1.30. The van der Waals surface area contributed by atoms with Gasteiger partial charge in [0.25, 0.3) is 0 Å². The van der Waals surface area contributed by atoms with Gasteiger partial charge in [0.05, 0.1) is 6.61 Å². The maximum absolute atomic E-state index is 9.25. The van der Waals surface area contributed by atoms with Crippen molar-refractivity contribution >= 4 is 0 Å². The second-order valence-corrected chi connectivity index (χ2v) is 5.04. The van der Waals surface area contributed by atoms with Crippen LogP contribution in [0.1, 0.15) is 18.9 Å². The highest BCUT2D eigenvalue weighted by molar-refractivity contribution is 5.26. The topological polar surface area (TPSA) is 52.5 Å². The molecule has 1 aliphatic heterocycles. The Bertz CT molecular complexity index is 349. The number of aliphatic hydroxyl groups is 1. The minimum absolute atomic E-state index is 0.110. The molecule has 1 fully saturated rings. The number of aromatic hydroxyl groups is 1. The van der Waals surface area contributed by atoms with E-state index in [9.17, 15) is 10.2 Å². The summed E-state index contributed by atoms with van der Waals surface area (Å²) >= 11 is 0. The highest BCUT2D eigenvalue weighted by atomic mass is 16.3. The number of nitrogens with one attached hydrogen (secondary N) is 1. The summed E-state index contributed by atoms with van der Waals surface area (Å²) in [7, 11) is 0. The number of aliphatic hydroxyl groups excluding tert-OH is 1. The van der Waals surface area contributed by atoms with Crippen molar-refractivity contribution in [3.63, 3.8) is 0 Å². The van der Waals surface area contributed by atoms with Crippen molar-refractivity contribution < 1.29 is 10.2 Å². The van der Waals surface area contributed by atoms with E-state index in [0.717, 1.165) is 19.4 Å². The van der Waals surface area contributed by atoms with Gasteiger partial charge in [0, 0.05) is 5.54 Å². The van der Waals surface area contributed by atoms with Gasteiger partial charge in [-0.15, -0.1) is 0 Å². The van der Waals surface area contributed by atoms with Crippen LogP contribution in [0.5, 0.6) is 5.75 Å². The highest BCUT2D eigenvalue weighted by Gasteiger charge is 2.33. The van der Waals surface area contributed by atoms with Gasteiger partial charge in [0.1, 0.15) is 5.75 Å². The molecule has 3 nitrogen and oxygen atoms in total. The van der Waals surface area contributed by atoms with E-state index in [1.54, 1.807) is 12.1 Å². The fraction of sp³-hybridized carbons (Fsp3) is 0.538. The van der Waals surface area contributed by atoms with E-state index in [1.807, 2.05) is 12.1 Å². The Hall–Kier alpha value is -1.06. The van der Waals surface area contributed by atoms with Gasteiger partial charge in [-0.05, 0) is 49.9 Å². The van der Waals surface area contributed by atoms with E-state index < -0.39 is 0 Å². The van der Waals surface area contributed by atoms with Crippen LogP contribution in [0.25, 0.3) is 0 Å². The smallest absolute Gasteiger partial charge is 0.115 e. The zero-order valence-electron chi connectivity index (χ0n) is 9.61. The molecule has 88 valence electrons. The number of rotatable bonds is 3. The quantitative estimate of drug-likeness (QED) is 0.721. The molecule has 0 bridgehead atoms. The minimum Gasteiger partial charge on any atom is -0.508 e. The van der Waals surface area contributed by atoms with E-state index >= 15 is 0 Å². The van der Waals surface area contributed by atoms with Crippen molar-refractivity contribution in [1.82, 2.24) is 5.32 Å². The first-order chi connectivity index (χ1) is 7.61. The zero-order valence-corrected chi connectivity index (χ0v) is 9.61. The first-order valence-corrected chi connectivity index (χ1v) is 5.75. The van der Waals surface area contributed by atoms with E-state index in [4.69, 9.17) is 0 Å². The van der Waals surface area contributed by atoms with Gasteiger partial charge in [-0.3, -0.25) is 0 Å². The fourth-order valence-electron chi connectivity index (χ4n) is 2.40. The van der Waals surface area contributed by atoms with Crippen LogP contribution in [0, 0.1) is 5.92 Å². The summed E-state index contributed by atoms with van der Waals surface area (Å²) in [5.74, 6) is 0.884. The van der Waals surface area contributed by atoms with E-state index in [-0.39, 0.29) is 12.1 Å². The maximum Gasteiger partial charge on any atom is 0.115 e. The maximum atomic E-state index is 9.25. The van der Waals surface area contributed by atoms with Gasteiger partial charge in [-0.25, -0.2) is 0 Å². The van der Waals surface area contributed by atoms with Gasteiger partial charge in [0.15, 0.2) is 0 Å². The van der Waals surface area contributed by atoms with E-state index in [0.29, 0.717) is 11.7 Å². The van der Waals surface area contributed by atoms with Gasteiger partial charge in [0.2, 0.25) is 0 Å². The molecule has 1 aliphatic rings. The molecule has 0 amide bonds. The second kappa shape index (κ2) is 4.44. The Morgan fingerprint density at radius 3 is 2.62 bits per heavy atom. The molecule has 0 spiro atoms. The van der Waals surface area contributed by atoms with Crippen molar-refractivity contribution in [2.24, 2.45) is 5.92 Å². The highest BCUT2D eigenvalue weighted by Crippen LogP contribution is 2.26. The van der Waals surface area contributed by atoms with Crippen molar-refractivity contribution in [2.45, 2.75) is 25.3 Å². The monoisotopic (exact) mass is 221 g/mol. The third-order valence-corrected chi connectivity index (χ3v) is 3.37. The lowest BCUT2D eigenvalue weighted by molar-refractivity contribution is 0.189. The van der Waals surface area contributed by atoms with Crippen LogP contribution < -0.4 is 5.32 Å². The summed E-state index contributed by atoms with van der Waals surface area (Å²) in [6.45, 7) is 3.21. The van der Waals surface area contributed by atoms with Crippen LogP contribution in [0.2, 0.25) is 0 Å². The van der Waals surface area contributed by atoms with Crippen molar-refractivity contribution in [3.8, 4) is 5.75 Å². The molecule has 0 radical (unpaired) electrons. The average Bonchev–Trinajstić information content (AvgIpc) is 2.65. The summed E-state index contributed by atoms with van der Waals surface area (Å²) < 4.78 is 0. The van der Waals surface area contributed by atoms with Gasteiger partial charge < -0.3 is 15.5 Å². The van der Waals surface area contributed by atoms with Crippen LogP contribution in [0.15, 0.2) is 24.3 Å². The molecule has 2 rings (SSSR count). The summed E-state index contributed by atoms with van der Waals surface area (Å²) in [6, 6.07) is 7.37. The van der Waals surface area contributed by atoms with Gasteiger partial charge in [-0.2, -0.15) is 0 Å². The second-order valence-electron chi connectivity index (χ2n) is 5.04. The summed E-state index contributed by atoms with van der Waals surface area (Å²) in [6.07, 6.45) is 2.01. The summed E-state index contributed by atoms with van der Waals surface area (Å²) in [4.78, 5) is 0. The lowest BCUT2D eigenvalue weighted by Crippen LogP contribution is -2.39. The molecular formula is C13H19NO2. The normalized spacial score (nSPS) is 29.5. The molecule has 3 heteroatoms. The van der Waals surface area contributed by atoms with E-state index in [1.165, 1.54) is 5.56 Å².